The van der Waals surface area contributed by atoms with Crippen LogP contribution in [-0.4, -0.2) is 47.4 Å². The molecule has 2 unspecified atom stereocenters. The lowest BCUT2D eigenvalue weighted by Gasteiger charge is -2.60. The summed E-state index contributed by atoms with van der Waals surface area (Å²) in [7, 11) is -0.120. The number of methoxy groups -OCH3 is 1. The largest absolute Gasteiger partial charge is 0.501 e. The highest BCUT2D eigenvalue weighted by molar-refractivity contribution is 6.76. The van der Waals surface area contributed by atoms with Crippen LogP contribution in [0.15, 0.2) is 23.0 Å². The zero-order valence-corrected chi connectivity index (χ0v) is 26.2. The summed E-state index contributed by atoms with van der Waals surface area (Å²) < 4.78 is 12.6. The van der Waals surface area contributed by atoms with Gasteiger partial charge in [-0.3, -0.25) is 0 Å². The van der Waals surface area contributed by atoms with Crippen LogP contribution >= 0.6 is 0 Å². The van der Waals surface area contributed by atoms with Gasteiger partial charge < -0.3 is 14.6 Å². The minimum Gasteiger partial charge on any atom is -0.501 e. The molecule has 4 aliphatic carbocycles. The van der Waals surface area contributed by atoms with Crippen LogP contribution in [0.1, 0.15) is 72.1 Å². The summed E-state index contributed by atoms with van der Waals surface area (Å²) in [6, 6.07) is 1.00. The Hall–Kier alpha value is -0.366. The molecule has 6 atom stereocenters. The first-order chi connectivity index (χ1) is 16.3. The molecule has 0 amide bonds. The molecule has 0 saturated heterocycles. The second-order valence-electron chi connectivity index (χ2n) is 14.5. The number of fused-ring (bicyclic) bond motifs is 4. The van der Waals surface area contributed by atoms with Gasteiger partial charge in [0.1, 0.15) is 0 Å². The van der Waals surface area contributed by atoms with Gasteiger partial charge >= 0.3 is 0 Å². The molecule has 0 aromatic rings. The lowest BCUT2D eigenvalue weighted by Crippen LogP contribution is -2.61. The fraction of sp³-hybridized carbons (Fsp3) is 0.867. The summed E-state index contributed by atoms with van der Waals surface area (Å²) in [6.45, 7) is 20.2. The van der Waals surface area contributed by atoms with Crippen LogP contribution in [0.4, 0.5) is 0 Å². The average Bonchev–Trinajstić information content (AvgIpc) is 3.13. The maximum atomic E-state index is 12.8. The van der Waals surface area contributed by atoms with E-state index in [0.29, 0.717) is 23.9 Å². The molecule has 1 radical (unpaired) electrons. The molecule has 2 fully saturated rings. The normalized spacial score (nSPS) is 37.6. The van der Waals surface area contributed by atoms with E-state index in [2.05, 4.69) is 59.6 Å². The molecule has 3 nitrogen and oxygen atoms in total. The van der Waals surface area contributed by atoms with E-state index in [0.717, 1.165) is 44.1 Å². The summed E-state index contributed by atoms with van der Waals surface area (Å²) in [5.74, 6) is 2.73. The average molecular weight is 518 g/mol. The standard InChI is InChI=1S/C30H53O3Si2/c1-10-29-18-30(31,20-35(7,8)9)27-23-14-12-22(32-4)17-21(23)11-13-24(27)25(29)15-16-26(29)33-19-28(2,3)34(5)6/h12,24-27,31H,10-11,13-20H2,1-9H3/t24?,25-,26-,27?,29-,30+/m0/s1. The van der Waals surface area contributed by atoms with Crippen LogP contribution in [0.2, 0.25) is 43.8 Å². The second kappa shape index (κ2) is 9.74. The zero-order valence-electron chi connectivity index (χ0n) is 24.2. The Morgan fingerprint density at radius 3 is 2.49 bits per heavy atom. The van der Waals surface area contributed by atoms with Crippen molar-refractivity contribution in [1.29, 1.82) is 0 Å². The quantitative estimate of drug-likeness (QED) is 0.263. The van der Waals surface area contributed by atoms with E-state index in [1.807, 2.05) is 7.11 Å². The molecular weight excluding hydrogens is 464 g/mol. The summed E-state index contributed by atoms with van der Waals surface area (Å²) in [4.78, 5) is 0. The lowest BCUT2D eigenvalue weighted by molar-refractivity contribution is -0.165. The molecule has 0 spiro atoms. The van der Waals surface area contributed by atoms with Crippen molar-refractivity contribution in [1.82, 2.24) is 0 Å². The van der Waals surface area contributed by atoms with E-state index >= 15 is 0 Å². The predicted molar refractivity (Wildman–Crippen MR) is 152 cm³/mol. The number of rotatable bonds is 8. The van der Waals surface area contributed by atoms with Crippen molar-refractivity contribution in [2.75, 3.05) is 13.7 Å². The summed E-state index contributed by atoms with van der Waals surface area (Å²) >= 11 is 0. The first-order valence-corrected chi connectivity index (χ1v) is 20.6. The monoisotopic (exact) mass is 517 g/mol. The van der Waals surface area contributed by atoms with E-state index in [1.54, 1.807) is 11.1 Å². The third-order valence-electron chi connectivity index (χ3n) is 10.6. The molecule has 2 saturated carbocycles. The maximum absolute atomic E-state index is 12.8. The fourth-order valence-electron chi connectivity index (χ4n) is 8.56. The van der Waals surface area contributed by atoms with Crippen LogP contribution < -0.4 is 0 Å². The van der Waals surface area contributed by atoms with Crippen molar-refractivity contribution in [2.24, 2.45) is 23.2 Å². The van der Waals surface area contributed by atoms with Crippen molar-refractivity contribution in [3.8, 4) is 0 Å². The molecule has 0 aromatic heterocycles. The topological polar surface area (TPSA) is 38.7 Å². The van der Waals surface area contributed by atoms with E-state index in [4.69, 9.17) is 9.47 Å². The SMILES string of the molecule is CC[C@]12C[C@@](O)(C[Si](C)(C)C)C3C4=C(CCC3[C@@H]1CC[C@@H]2OCC(C)(C)[Si](C)C)CC(OC)=CC4. The van der Waals surface area contributed by atoms with Crippen molar-refractivity contribution in [3.63, 3.8) is 0 Å². The molecule has 4 rings (SSSR count). The Balaban J connectivity index is 1.70. The van der Waals surface area contributed by atoms with Gasteiger partial charge in [0.2, 0.25) is 0 Å². The Bertz CT molecular complexity index is 854. The smallest absolute Gasteiger partial charge is 0.0959 e. The summed E-state index contributed by atoms with van der Waals surface area (Å²) in [5.41, 5.74) is 2.69. The van der Waals surface area contributed by atoms with Gasteiger partial charge in [0.15, 0.2) is 0 Å². The van der Waals surface area contributed by atoms with E-state index in [1.165, 1.54) is 25.7 Å². The van der Waals surface area contributed by atoms with Crippen molar-refractivity contribution in [2.45, 2.75) is 128 Å². The maximum Gasteiger partial charge on any atom is 0.0959 e. The first-order valence-electron chi connectivity index (χ1n) is 14.3. The highest BCUT2D eigenvalue weighted by atomic mass is 28.3. The van der Waals surface area contributed by atoms with Gasteiger partial charge in [-0.15, -0.1) is 0 Å². The molecule has 1 N–H and O–H groups in total. The number of hydrogen-bond acceptors (Lipinski definition) is 3. The number of aliphatic hydroxyl groups is 1. The van der Waals surface area contributed by atoms with E-state index in [-0.39, 0.29) is 10.5 Å². The highest BCUT2D eigenvalue weighted by Gasteiger charge is 2.65. The molecule has 0 aliphatic heterocycles. The van der Waals surface area contributed by atoms with Gasteiger partial charge in [-0.1, -0.05) is 64.7 Å². The van der Waals surface area contributed by atoms with Gasteiger partial charge in [-0.25, -0.2) is 0 Å². The fourth-order valence-corrected chi connectivity index (χ4v) is 11.1. The minimum atomic E-state index is -1.49. The van der Waals surface area contributed by atoms with E-state index in [9.17, 15) is 5.11 Å². The molecule has 5 heteroatoms. The van der Waals surface area contributed by atoms with Crippen molar-refractivity contribution in [3.05, 3.63) is 23.0 Å². The van der Waals surface area contributed by atoms with Gasteiger partial charge in [0.25, 0.3) is 0 Å². The Morgan fingerprint density at radius 2 is 1.89 bits per heavy atom. The molecule has 4 aliphatic rings. The molecule has 199 valence electrons. The van der Waals surface area contributed by atoms with Gasteiger partial charge in [-0.05, 0) is 73.9 Å². The summed E-state index contributed by atoms with van der Waals surface area (Å²) in [5, 5.41) is 13.1. The third-order valence-corrected chi connectivity index (χ3v) is 15.1. The zero-order chi connectivity index (χ0) is 25.8. The van der Waals surface area contributed by atoms with Gasteiger partial charge in [0.05, 0.1) is 33.4 Å². The lowest BCUT2D eigenvalue weighted by atomic mass is 9.48. The molecular formula is C30H53O3Si2. The molecule has 0 bridgehead atoms. The van der Waals surface area contributed by atoms with Gasteiger partial charge in [-0.2, -0.15) is 0 Å². The Kier molecular flexibility index (Phi) is 7.70. The first kappa shape index (κ1) is 27.7. The third kappa shape index (κ3) is 5.05. The van der Waals surface area contributed by atoms with Crippen LogP contribution in [0.3, 0.4) is 0 Å². The number of ether oxygens (including phenoxy) is 2. The van der Waals surface area contributed by atoms with Crippen LogP contribution in [-0.2, 0) is 9.47 Å². The van der Waals surface area contributed by atoms with Crippen LogP contribution in [0.5, 0.6) is 0 Å². The molecule has 35 heavy (non-hydrogen) atoms. The van der Waals surface area contributed by atoms with E-state index < -0.39 is 22.5 Å². The Morgan fingerprint density at radius 1 is 1.17 bits per heavy atom. The molecule has 0 heterocycles. The van der Waals surface area contributed by atoms with Crippen LogP contribution in [0, 0.1) is 23.2 Å². The Labute approximate surface area is 218 Å². The number of allylic oxidation sites excluding steroid dienone is 2. The molecule has 0 aromatic carbocycles. The van der Waals surface area contributed by atoms with Gasteiger partial charge in [0, 0.05) is 32.4 Å². The summed E-state index contributed by atoms with van der Waals surface area (Å²) in [6.07, 6.45) is 11.5. The predicted octanol–water partition coefficient (Wildman–Crippen LogP) is 7.83. The highest BCUT2D eigenvalue weighted by Crippen LogP contribution is 2.67. The second-order valence-corrected chi connectivity index (χ2v) is 23.4. The number of hydrogen-bond donors (Lipinski definition) is 1. The van der Waals surface area contributed by atoms with Crippen molar-refractivity contribution < 1.29 is 14.6 Å². The van der Waals surface area contributed by atoms with Crippen LogP contribution in [0.25, 0.3) is 0 Å². The minimum absolute atomic E-state index is 0.125. The van der Waals surface area contributed by atoms with Crippen molar-refractivity contribution >= 4 is 16.9 Å².